The van der Waals surface area contributed by atoms with E-state index in [9.17, 15) is 24.6 Å². The van der Waals surface area contributed by atoms with Crippen LogP contribution >= 0.6 is 0 Å². The van der Waals surface area contributed by atoms with Gasteiger partial charge in [-0.25, -0.2) is 4.79 Å². The number of esters is 1. The molecule has 16 heteroatoms. The molecule has 0 saturated heterocycles. The van der Waals surface area contributed by atoms with E-state index in [2.05, 4.69) is 27.2 Å². The number of aliphatic hydroxyl groups is 2. The molecule has 0 radical (unpaired) electrons. The molecule has 0 bridgehead atoms. The summed E-state index contributed by atoms with van der Waals surface area (Å²) in [6.07, 6.45) is 9.24. The first-order chi connectivity index (χ1) is 24.6. The molecule has 0 fully saturated rings. The van der Waals surface area contributed by atoms with E-state index in [1.807, 2.05) is 4.90 Å². The monoisotopic (exact) mass is 705 g/mol. The number of nitrogens with zero attached hydrogens (tertiary/aromatic N) is 5. The maximum atomic E-state index is 13.3. The summed E-state index contributed by atoms with van der Waals surface area (Å²) in [5.41, 5.74) is 6.10. The van der Waals surface area contributed by atoms with Crippen LogP contribution in [-0.4, -0.2) is 101 Å². The van der Waals surface area contributed by atoms with Crippen LogP contribution in [0.15, 0.2) is 44.8 Å². The number of carbonyl (C=O) groups excluding carboxylic acids is 3. The number of fused-ring (bicyclic) bond motifs is 3. The van der Waals surface area contributed by atoms with Crippen molar-refractivity contribution in [1.29, 1.82) is 0 Å². The summed E-state index contributed by atoms with van der Waals surface area (Å²) in [6, 6.07) is 0. The first kappa shape index (κ1) is 35.6. The van der Waals surface area contributed by atoms with Crippen LogP contribution in [0, 0.1) is 0 Å². The minimum absolute atomic E-state index is 0.0235. The van der Waals surface area contributed by atoms with Gasteiger partial charge in [-0.1, -0.05) is 38.7 Å². The first-order valence-electron chi connectivity index (χ1n) is 17.1. The van der Waals surface area contributed by atoms with Gasteiger partial charge in [-0.3, -0.25) is 19.5 Å². The van der Waals surface area contributed by atoms with Crippen molar-refractivity contribution < 1.29 is 43.5 Å². The van der Waals surface area contributed by atoms with Gasteiger partial charge in [0.1, 0.15) is 30.0 Å². The molecule has 6 rings (SSSR count). The van der Waals surface area contributed by atoms with E-state index in [4.69, 9.17) is 24.7 Å². The summed E-state index contributed by atoms with van der Waals surface area (Å²) >= 11 is 0. The van der Waals surface area contributed by atoms with Gasteiger partial charge in [0.05, 0.1) is 42.6 Å². The number of aliphatic hydroxyl groups excluding tert-OH is 1. The Kier molecular flexibility index (Phi) is 10.2. The molecule has 0 spiro atoms. The highest BCUT2D eigenvalue weighted by Gasteiger charge is 2.45. The van der Waals surface area contributed by atoms with Crippen LogP contribution in [0.2, 0.25) is 0 Å². The molecule has 0 aromatic heterocycles. The van der Waals surface area contributed by atoms with Gasteiger partial charge >= 0.3 is 11.9 Å². The third kappa shape index (κ3) is 6.44. The van der Waals surface area contributed by atoms with Gasteiger partial charge in [-0.05, 0) is 20.3 Å². The van der Waals surface area contributed by atoms with E-state index in [0.717, 1.165) is 25.7 Å². The van der Waals surface area contributed by atoms with E-state index in [1.165, 1.54) is 7.11 Å². The Bertz CT molecular complexity index is 1810. The van der Waals surface area contributed by atoms with E-state index in [1.54, 1.807) is 37.2 Å². The molecule has 1 aromatic carbocycles. The second-order valence-corrected chi connectivity index (χ2v) is 12.8. The van der Waals surface area contributed by atoms with Crippen LogP contribution < -0.4 is 25.3 Å². The van der Waals surface area contributed by atoms with Crippen molar-refractivity contribution in [2.75, 3.05) is 26.9 Å². The van der Waals surface area contributed by atoms with Gasteiger partial charge in [0.15, 0.2) is 24.1 Å². The second kappa shape index (κ2) is 14.6. The summed E-state index contributed by atoms with van der Waals surface area (Å²) in [7, 11) is 1.48. The number of hydrogen-bond acceptors (Lipinski definition) is 15. The molecule has 5 heterocycles. The zero-order valence-electron chi connectivity index (χ0n) is 29.1. The van der Waals surface area contributed by atoms with Crippen molar-refractivity contribution in [2.24, 2.45) is 20.7 Å². The van der Waals surface area contributed by atoms with E-state index in [-0.39, 0.29) is 66.4 Å². The molecule has 5 N–H and O–H groups in total. The Morgan fingerprint density at radius 3 is 2.75 bits per heavy atom. The Morgan fingerprint density at radius 2 is 2.04 bits per heavy atom. The summed E-state index contributed by atoms with van der Waals surface area (Å²) in [5.74, 6) is -0.991. The van der Waals surface area contributed by atoms with Crippen LogP contribution in [-0.2, 0) is 32.1 Å². The zero-order valence-corrected chi connectivity index (χ0v) is 29.1. The van der Waals surface area contributed by atoms with Crippen molar-refractivity contribution in [3.05, 3.63) is 46.5 Å². The highest BCUT2D eigenvalue weighted by atomic mass is 16.6. The summed E-state index contributed by atoms with van der Waals surface area (Å²) < 4.78 is 23.8. The number of nitrogens with one attached hydrogen (secondary N) is 1. The van der Waals surface area contributed by atoms with Gasteiger partial charge in [0.2, 0.25) is 11.7 Å². The quantitative estimate of drug-likeness (QED) is 0.123. The number of amides is 1. The number of aldehydes is 1. The number of ether oxygens (including phenoxy) is 4. The van der Waals surface area contributed by atoms with Gasteiger partial charge in [-0.2, -0.15) is 9.98 Å². The number of benzene rings is 1. The Morgan fingerprint density at radius 1 is 1.24 bits per heavy atom. The Balaban J connectivity index is 1.41. The Hall–Kier alpha value is -5.22. The number of nitrogens with two attached hydrogens (primary N) is 1. The number of methoxy groups -OCH3 is 1. The SMILES string of the molecule is CCCCCC[C@](C)(O)[C@@H]1Cc2c(c(CO)c3c(c2OC)C(=CCN2C=CNC2N2CN=C4C(=O)N=C(N)N=C42)C(C=O)=C(C(=O)OCC)O3)O1. The lowest BCUT2D eigenvalue weighted by atomic mass is 9.86. The number of aliphatic imine (C=N–C) groups is 3. The lowest BCUT2D eigenvalue weighted by Gasteiger charge is -2.34. The van der Waals surface area contributed by atoms with Crippen molar-refractivity contribution >= 4 is 41.2 Å². The first-order valence-corrected chi connectivity index (χ1v) is 17.1. The van der Waals surface area contributed by atoms with Crippen LogP contribution in [0.25, 0.3) is 5.57 Å². The highest BCUT2D eigenvalue weighted by Crippen LogP contribution is 2.54. The number of amidine groups is 1. The van der Waals surface area contributed by atoms with E-state index >= 15 is 0 Å². The van der Waals surface area contributed by atoms with Gasteiger partial charge in [-0.15, -0.1) is 0 Å². The largest absolute Gasteiger partial charge is 0.496 e. The minimum Gasteiger partial charge on any atom is -0.496 e. The number of unbranched alkanes of at least 4 members (excludes halogenated alkanes) is 3. The molecule has 5 aliphatic heterocycles. The second-order valence-electron chi connectivity index (χ2n) is 12.8. The van der Waals surface area contributed by atoms with Gasteiger partial charge < -0.3 is 45.1 Å². The van der Waals surface area contributed by atoms with Crippen molar-refractivity contribution in [3.8, 4) is 17.2 Å². The molecule has 1 amide bonds. The number of hydrogen-bond donors (Lipinski definition) is 4. The van der Waals surface area contributed by atoms with E-state index < -0.39 is 36.5 Å². The fraction of sp³-hybridized carbons (Fsp3) is 0.486. The fourth-order valence-corrected chi connectivity index (χ4v) is 6.94. The molecule has 0 saturated carbocycles. The Labute approximate surface area is 295 Å². The van der Waals surface area contributed by atoms with Crippen molar-refractivity contribution in [2.45, 2.75) is 83.9 Å². The maximum absolute atomic E-state index is 13.3. The lowest BCUT2D eigenvalue weighted by molar-refractivity contribution is -0.141. The third-order valence-electron chi connectivity index (χ3n) is 9.51. The summed E-state index contributed by atoms with van der Waals surface area (Å²) in [4.78, 5) is 54.3. The van der Waals surface area contributed by atoms with Gasteiger partial charge in [0.25, 0.3) is 0 Å². The van der Waals surface area contributed by atoms with Crippen LogP contribution in [0.5, 0.6) is 17.2 Å². The zero-order chi connectivity index (χ0) is 36.4. The molecule has 272 valence electrons. The molecule has 16 nitrogen and oxygen atoms in total. The topological polar surface area (TPSA) is 210 Å². The summed E-state index contributed by atoms with van der Waals surface area (Å²) in [5, 5.41) is 25.5. The average molecular weight is 706 g/mol. The number of rotatable bonds is 14. The lowest BCUT2D eigenvalue weighted by Crippen LogP contribution is -2.53. The highest BCUT2D eigenvalue weighted by molar-refractivity contribution is 6.69. The van der Waals surface area contributed by atoms with Gasteiger partial charge in [0, 0.05) is 36.5 Å². The fourth-order valence-electron chi connectivity index (χ4n) is 6.94. The van der Waals surface area contributed by atoms with Crippen LogP contribution in [0.1, 0.15) is 69.6 Å². The molecule has 51 heavy (non-hydrogen) atoms. The standard InChI is InChI=1S/C35H43N7O9/c1-5-7-8-9-11-35(3,47)23-15-20-26(50-23)22(17-44)28-24(27(20)48-4)19(21(16-43)29(51-28)32(46)49-6-2)10-13-41-14-12-37-34(41)42-18-38-25-30(42)39-33(36)40-31(25)45/h10,12,14,16,23,34,37,44,47H,5-9,11,13,15,17-18H2,1-4H3,(H2,36,40,45)/t23-,34?,35-/m0/s1. The number of carbonyl (C=O) groups is 3. The molecule has 1 aromatic rings. The predicted molar refractivity (Wildman–Crippen MR) is 186 cm³/mol. The van der Waals surface area contributed by atoms with Crippen molar-refractivity contribution in [1.82, 2.24) is 15.1 Å². The molecular weight excluding hydrogens is 662 g/mol. The summed E-state index contributed by atoms with van der Waals surface area (Å²) in [6.45, 7) is 5.26. The molecule has 5 aliphatic rings. The van der Waals surface area contributed by atoms with Crippen LogP contribution in [0.3, 0.4) is 0 Å². The molecular formula is C35H43N7O9. The van der Waals surface area contributed by atoms with Crippen LogP contribution in [0.4, 0.5) is 0 Å². The van der Waals surface area contributed by atoms with Crippen molar-refractivity contribution in [3.63, 3.8) is 0 Å². The average Bonchev–Trinajstić information content (AvgIpc) is 3.86. The molecule has 1 unspecified atom stereocenters. The maximum Gasteiger partial charge on any atom is 0.375 e. The predicted octanol–water partition coefficient (Wildman–Crippen LogP) is 1.63. The smallest absolute Gasteiger partial charge is 0.375 e. The third-order valence-corrected chi connectivity index (χ3v) is 9.51. The molecule has 3 atom stereocenters. The van der Waals surface area contributed by atoms with E-state index in [0.29, 0.717) is 40.9 Å². The normalized spacial score (nSPS) is 22.3. The minimum atomic E-state index is -1.19. The molecule has 0 aliphatic carbocycles. The number of allylic oxidation sites excluding steroid dienone is 2. The number of guanidine groups is 1.